The molecule has 0 atom stereocenters. The fraction of sp³-hybridized carbons (Fsp3) is 0.0909. The monoisotopic (exact) mass is 441 g/mol. The molecule has 152 valence electrons. The van der Waals surface area contributed by atoms with Crippen LogP contribution in [0.4, 0.5) is 0 Å². The minimum absolute atomic E-state index is 0.0690. The van der Waals surface area contributed by atoms with Gasteiger partial charge in [0.05, 0.1) is 22.2 Å². The summed E-state index contributed by atoms with van der Waals surface area (Å²) in [5, 5.41) is 10.9. The molecule has 30 heavy (non-hydrogen) atoms. The topological polar surface area (TPSA) is 83.4 Å². The van der Waals surface area contributed by atoms with Gasteiger partial charge in [0.25, 0.3) is 5.91 Å². The average molecular weight is 442 g/mol. The summed E-state index contributed by atoms with van der Waals surface area (Å²) >= 11 is 11.6. The molecule has 0 unspecified atom stereocenters. The number of aromatic carboxylic acids is 1. The average Bonchev–Trinajstić information content (AvgIpc) is 2.72. The Hall–Kier alpha value is -3.22. The number of carbonyl (C=O) groups is 2. The van der Waals surface area contributed by atoms with Gasteiger partial charge in [0.1, 0.15) is 10.3 Å². The van der Waals surface area contributed by atoms with Crippen molar-refractivity contribution in [1.82, 2.24) is 14.9 Å². The van der Waals surface area contributed by atoms with Gasteiger partial charge in [-0.15, -0.1) is 0 Å². The zero-order chi connectivity index (χ0) is 21.8. The van der Waals surface area contributed by atoms with Crippen LogP contribution < -0.4 is 0 Å². The molecule has 4 aromatic rings. The Morgan fingerprint density at radius 2 is 1.23 bits per heavy atom. The summed E-state index contributed by atoms with van der Waals surface area (Å²) in [6.45, 7) is 0. The quantitative estimate of drug-likeness (QED) is 0.433. The lowest BCUT2D eigenvalue weighted by atomic mass is 10.1. The van der Waals surface area contributed by atoms with E-state index in [1.165, 1.54) is 11.0 Å². The van der Waals surface area contributed by atoms with Gasteiger partial charge in [0.15, 0.2) is 0 Å². The molecular weight excluding hydrogens is 425 g/mol. The van der Waals surface area contributed by atoms with E-state index in [0.29, 0.717) is 21.6 Å². The molecule has 2 heterocycles. The third-order valence-corrected chi connectivity index (χ3v) is 4.62. The SMILES string of the molecule is CN(C)C(=O)c1cc(Cl)nc2ccccc12.O=C(O)c1cc(Cl)nc2ccccc12. The highest BCUT2D eigenvalue weighted by molar-refractivity contribution is 6.31. The van der Waals surface area contributed by atoms with E-state index in [9.17, 15) is 9.59 Å². The number of carboxylic acids is 1. The first-order valence-corrected chi connectivity index (χ1v) is 9.59. The van der Waals surface area contributed by atoms with E-state index in [-0.39, 0.29) is 16.6 Å². The van der Waals surface area contributed by atoms with Gasteiger partial charge >= 0.3 is 5.97 Å². The number of pyridine rings is 2. The second-order valence-corrected chi connectivity index (χ2v) is 7.30. The number of carbonyl (C=O) groups excluding carboxylic acids is 1. The molecule has 0 aliphatic heterocycles. The van der Waals surface area contributed by atoms with Gasteiger partial charge < -0.3 is 10.0 Å². The Morgan fingerprint density at radius 3 is 1.70 bits per heavy atom. The number of halogens is 2. The molecule has 0 spiro atoms. The summed E-state index contributed by atoms with van der Waals surface area (Å²) in [5.41, 5.74) is 2.10. The maximum atomic E-state index is 12.0. The standard InChI is InChI=1S/C12H11ClN2O.C10H6ClNO2/c1-15(2)12(16)9-7-11(13)14-10-6-4-3-5-8(9)10;11-9-5-7(10(13)14)6-3-1-2-4-8(6)12-9/h3-7H,1-2H3;1-5H,(H,13,14). The largest absolute Gasteiger partial charge is 0.478 e. The number of hydrogen-bond acceptors (Lipinski definition) is 4. The first-order valence-electron chi connectivity index (χ1n) is 8.83. The molecule has 0 bridgehead atoms. The molecule has 0 aliphatic carbocycles. The number of rotatable bonds is 2. The molecule has 1 amide bonds. The van der Waals surface area contributed by atoms with Crippen molar-refractivity contribution in [3.05, 3.63) is 82.1 Å². The van der Waals surface area contributed by atoms with Crippen molar-refractivity contribution in [2.45, 2.75) is 0 Å². The smallest absolute Gasteiger partial charge is 0.336 e. The summed E-state index contributed by atoms with van der Waals surface area (Å²) < 4.78 is 0. The highest BCUT2D eigenvalue weighted by Gasteiger charge is 2.13. The van der Waals surface area contributed by atoms with E-state index in [1.807, 2.05) is 24.3 Å². The van der Waals surface area contributed by atoms with Gasteiger partial charge in [0, 0.05) is 24.9 Å². The summed E-state index contributed by atoms with van der Waals surface area (Å²) in [5.74, 6) is -1.06. The Morgan fingerprint density at radius 1 is 0.800 bits per heavy atom. The minimum Gasteiger partial charge on any atom is -0.478 e. The molecule has 0 aliphatic rings. The van der Waals surface area contributed by atoms with Crippen LogP contribution in [0.1, 0.15) is 20.7 Å². The van der Waals surface area contributed by atoms with Crippen molar-refractivity contribution in [2.24, 2.45) is 0 Å². The minimum atomic E-state index is -0.995. The predicted octanol–water partition coefficient (Wildman–Crippen LogP) is 5.18. The highest BCUT2D eigenvalue weighted by Crippen LogP contribution is 2.22. The van der Waals surface area contributed by atoms with Crippen molar-refractivity contribution in [2.75, 3.05) is 14.1 Å². The lowest BCUT2D eigenvalue weighted by Crippen LogP contribution is -2.22. The molecule has 2 aromatic heterocycles. The number of fused-ring (bicyclic) bond motifs is 2. The van der Waals surface area contributed by atoms with Gasteiger partial charge in [0.2, 0.25) is 0 Å². The van der Waals surface area contributed by atoms with Gasteiger partial charge in [-0.3, -0.25) is 4.79 Å². The molecule has 4 rings (SSSR count). The number of hydrogen-bond donors (Lipinski definition) is 1. The Labute approximate surface area is 182 Å². The van der Waals surface area contributed by atoms with Crippen molar-refractivity contribution >= 4 is 56.9 Å². The molecule has 0 radical (unpaired) electrons. The summed E-state index contributed by atoms with van der Waals surface area (Å²) in [7, 11) is 3.43. The van der Waals surface area contributed by atoms with E-state index in [1.54, 1.807) is 44.4 Å². The second kappa shape index (κ2) is 9.07. The Kier molecular flexibility index (Phi) is 6.50. The highest BCUT2D eigenvalue weighted by atomic mass is 35.5. The van der Waals surface area contributed by atoms with Crippen molar-refractivity contribution in [1.29, 1.82) is 0 Å². The van der Waals surface area contributed by atoms with Crippen molar-refractivity contribution < 1.29 is 14.7 Å². The van der Waals surface area contributed by atoms with E-state index >= 15 is 0 Å². The molecule has 6 nitrogen and oxygen atoms in total. The van der Waals surface area contributed by atoms with Crippen LogP contribution in [0.3, 0.4) is 0 Å². The second-order valence-electron chi connectivity index (χ2n) is 6.52. The van der Waals surface area contributed by atoms with Gasteiger partial charge in [-0.2, -0.15) is 0 Å². The summed E-state index contributed by atoms with van der Waals surface area (Å²) in [4.78, 5) is 32.6. The number of carboxylic acid groups (broad SMARTS) is 1. The Balaban J connectivity index is 0.000000172. The predicted molar refractivity (Wildman–Crippen MR) is 118 cm³/mol. The molecular formula is C22H17Cl2N3O3. The summed E-state index contributed by atoms with van der Waals surface area (Å²) in [6.07, 6.45) is 0. The molecule has 1 N–H and O–H groups in total. The number of aromatic nitrogens is 2. The zero-order valence-corrected chi connectivity index (χ0v) is 17.6. The van der Waals surface area contributed by atoms with E-state index in [2.05, 4.69) is 9.97 Å². The fourth-order valence-corrected chi connectivity index (χ4v) is 3.28. The van der Waals surface area contributed by atoms with Gasteiger partial charge in [-0.1, -0.05) is 59.6 Å². The van der Waals surface area contributed by atoms with Crippen molar-refractivity contribution in [3.8, 4) is 0 Å². The van der Waals surface area contributed by atoms with Crippen LogP contribution in [-0.2, 0) is 0 Å². The van der Waals surface area contributed by atoms with Crippen LogP contribution in [0.5, 0.6) is 0 Å². The van der Waals surface area contributed by atoms with Gasteiger partial charge in [-0.05, 0) is 24.3 Å². The van der Waals surface area contributed by atoms with E-state index in [4.69, 9.17) is 28.3 Å². The van der Waals surface area contributed by atoms with E-state index < -0.39 is 5.97 Å². The third kappa shape index (κ3) is 4.67. The van der Waals surface area contributed by atoms with Crippen molar-refractivity contribution in [3.63, 3.8) is 0 Å². The molecule has 0 saturated heterocycles. The van der Waals surface area contributed by atoms with Crippen LogP contribution in [0, 0.1) is 0 Å². The van der Waals surface area contributed by atoms with Gasteiger partial charge in [-0.25, -0.2) is 14.8 Å². The van der Waals surface area contributed by atoms with Crippen LogP contribution in [0.25, 0.3) is 21.8 Å². The normalized spacial score (nSPS) is 10.4. The molecule has 0 fully saturated rings. The lowest BCUT2D eigenvalue weighted by Gasteiger charge is -2.12. The lowest BCUT2D eigenvalue weighted by molar-refractivity contribution is 0.0698. The Bertz CT molecular complexity index is 1260. The molecule has 8 heteroatoms. The van der Waals surface area contributed by atoms with Crippen LogP contribution in [0.2, 0.25) is 10.3 Å². The first-order chi connectivity index (χ1) is 14.3. The van der Waals surface area contributed by atoms with Crippen LogP contribution >= 0.6 is 23.2 Å². The fourth-order valence-electron chi connectivity index (χ4n) is 2.88. The number of para-hydroxylation sites is 2. The first kappa shape index (κ1) is 21.5. The molecule has 0 saturated carbocycles. The number of nitrogens with zero attached hydrogens (tertiary/aromatic N) is 3. The van der Waals surface area contributed by atoms with Crippen LogP contribution in [-0.4, -0.2) is 45.9 Å². The maximum Gasteiger partial charge on any atom is 0.336 e. The molecule has 2 aromatic carbocycles. The summed E-state index contributed by atoms with van der Waals surface area (Å²) in [6, 6.07) is 17.4. The number of benzene rings is 2. The van der Waals surface area contributed by atoms with Crippen LogP contribution in [0.15, 0.2) is 60.7 Å². The zero-order valence-electron chi connectivity index (χ0n) is 16.1. The maximum absolute atomic E-state index is 12.0. The third-order valence-electron chi connectivity index (χ3n) is 4.24. The number of amides is 1. The van der Waals surface area contributed by atoms with E-state index in [0.717, 1.165) is 10.9 Å².